The highest BCUT2D eigenvalue weighted by atomic mass is 14.7. The summed E-state index contributed by atoms with van der Waals surface area (Å²) in [5.41, 5.74) is 9.25. The van der Waals surface area contributed by atoms with Crippen LogP contribution in [0.4, 0.5) is 5.69 Å². The van der Waals surface area contributed by atoms with Gasteiger partial charge in [0.15, 0.2) is 0 Å². The molecule has 0 saturated heterocycles. The molecule has 0 fully saturated rings. The summed E-state index contributed by atoms with van der Waals surface area (Å²) in [7, 11) is 0. The van der Waals surface area contributed by atoms with Gasteiger partial charge in [0.1, 0.15) is 0 Å². The molecule has 2 heteroatoms. The molecule has 0 amide bonds. The topological polar surface area (TPSA) is 38.4 Å². The summed E-state index contributed by atoms with van der Waals surface area (Å²) in [6.45, 7) is 0. The van der Waals surface area contributed by atoms with E-state index in [0.29, 0.717) is 0 Å². The second kappa shape index (κ2) is 6.17. The number of fused-ring (bicyclic) bond motifs is 2. The first kappa shape index (κ1) is 14.5. The van der Waals surface area contributed by atoms with Crippen molar-refractivity contribution in [2.75, 3.05) is 5.73 Å². The Kier molecular flexibility index (Phi) is 3.72. The molecule has 3 aromatic carbocycles. The molecule has 2 N–H and O–H groups in total. The molecule has 0 bridgehead atoms. The number of hydrogen-bond acceptors (Lipinski definition) is 2. The van der Waals surface area contributed by atoms with Crippen LogP contribution >= 0.6 is 0 Å². The normalized spacial score (nSPS) is 12.6. The lowest BCUT2D eigenvalue weighted by Gasteiger charge is -2.06. The number of nitrogens with zero attached hydrogens (tertiary/aromatic N) is 1. The van der Waals surface area contributed by atoms with Gasteiger partial charge >= 0.3 is 0 Å². The largest absolute Gasteiger partial charge is 0.399 e. The third kappa shape index (κ3) is 2.86. The molecule has 0 radical (unpaired) electrons. The Balaban J connectivity index is 2.02. The van der Waals surface area contributed by atoms with Gasteiger partial charge in [-0.05, 0) is 41.0 Å². The molecule has 24 heavy (non-hydrogen) atoms. The fourth-order valence-corrected chi connectivity index (χ4v) is 3.06. The Hall–Kier alpha value is -3.13. The van der Waals surface area contributed by atoms with Gasteiger partial charge in [-0.15, -0.1) is 0 Å². The van der Waals surface area contributed by atoms with Crippen molar-refractivity contribution in [3.63, 3.8) is 0 Å². The molecular formula is C22H18N2. The van der Waals surface area contributed by atoms with Crippen LogP contribution in [0.15, 0.2) is 77.8 Å². The molecule has 0 aromatic heterocycles. The van der Waals surface area contributed by atoms with Gasteiger partial charge < -0.3 is 5.73 Å². The van der Waals surface area contributed by atoms with Gasteiger partial charge in [-0.2, -0.15) is 0 Å². The molecule has 0 aliphatic carbocycles. The number of anilines is 1. The van der Waals surface area contributed by atoms with Gasteiger partial charge in [0.25, 0.3) is 0 Å². The van der Waals surface area contributed by atoms with Crippen molar-refractivity contribution >= 4 is 23.5 Å². The molecule has 4 rings (SSSR count). The van der Waals surface area contributed by atoms with E-state index in [1.807, 2.05) is 30.5 Å². The van der Waals surface area contributed by atoms with Gasteiger partial charge in [0.2, 0.25) is 0 Å². The van der Waals surface area contributed by atoms with E-state index in [4.69, 9.17) is 10.7 Å². The number of hydrogen-bond donors (Lipinski definition) is 1. The quantitative estimate of drug-likeness (QED) is 0.716. The minimum absolute atomic E-state index is 0.757. The fraction of sp³-hybridized carbons (Fsp3) is 0.0455. The summed E-state index contributed by atoms with van der Waals surface area (Å²) >= 11 is 0. The first-order chi connectivity index (χ1) is 11.8. The predicted octanol–water partition coefficient (Wildman–Crippen LogP) is 1.51. The lowest BCUT2D eigenvalue weighted by Crippen LogP contribution is -2.32. The van der Waals surface area contributed by atoms with Crippen LogP contribution < -0.4 is 26.7 Å². The van der Waals surface area contributed by atoms with Crippen molar-refractivity contribution in [2.45, 2.75) is 6.42 Å². The van der Waals surface area contributed by atoms with Gasteiger partial charge in [-0.25, -0.2) is 0 Å². The van der Waals surface area contributed by atoms with Gasteiger partial charge in [0, 0.05) is 22.3 Å². The molecular weight excluding hydrogens is 292 g/mol. The molecule has 1 aliphatic heterocycles. The van der Waals surface area contributed by atoms with Crippen LogP contribution in [-0.4, -0.2) is 0 Å². The first-order valence-electron chi connectivity index (χ1n) is 8.07. The van der Waals surface area contributed by atoms with Crippen LogP contribution in [0.2, 0.25) is 0 Å². The lowest BCUT2D eigenvalue weighted by molar-refractivity contribution is 1.25. The molecule has 116 valence electrons. The summed E-state index contributed by atoms with van der Waals surface area (Å²) in [5, 5.41) is 4.37. The smallest absolute Gasteiger partial charge is 0.0705 e. The highest BCUT2D eigenvalue weighted by Gasteiger charge is 2.02. The van der Waals surface area contributed by atoms with E-state index in [1.165, 1.54) is 16.4 Å². The van der Waals surface area contributed by atoms with Gasteiger partial charge in [0.05, 0.1) is 5.36 Å². The second-order valence-electron chi connectivity index (χ2n) is 6.00. The van der Waals surface area contributed by atoms with Crippen molar-refractivity contribution in [2.24, 2.45) is 4.99 Å². The number of benzene rings is 3. The average Bonchev–Trinajstić information content (AvgIpc) is 2.61. The first-order valence-corrected chi connectivity index (χ1v) is 8.07. The maximum atomic E-state index is 5.94. The summed E-state index contributed by atoms with van der Waals surface area (Å²) in [6, 6.07) is 24.8. The summed E-state index contributed by atoms with van der Waals surface area (Å²) in [4.78, 5) is 4.70. The fourth-order valence-electron chi connectivity index (χ4n) is 3.06. The molecule has 0 saturated carbocycles. The SMILES string of the molecule is Nc1ccc2c(c1)=CN=c1ccccc1=C(Cc1ccccc1)C=2. The monoisotopic (exact) mass is 310 g/mol. The Morgan fingerprint density at radius 1 is 0.792 bits per heavy atom. The lowest BCUT2D eigenvalue weighted by atomic mass is 10.00. The molecule has 0 atom stereocenters. The van der Waals surface area contributed by atoms with E-state index in [0.717, 1.165) is 27.9 Å². The standard InChI is InChI=1S/C22H18N2/c23-20-11-10-17-13-18(12-16-6-2-1-3-7-16)21-8-4-5-9-22(21)24-15-19(17)14-20/h1-11,13-15H,12,23H2. The van der Waals surface area contributed by atoms with Crippen LogP contribution in [0.5, 0.6) is 0 Å². The summed E-state index contributed by atoms with van der Waals surface area (Å²) in [5.74, 6) is 0. The maximum Gasteiger partial charge on any atom is 0.0705 e. The average molecular weight is 310 g/mol. The Labute approximate surface area is 140 Å². The van der Waals surface area contributed by atoms with E-state index in [9.17, 15) is 0 Å². The van der Waals surface area contributed by atoms with Crippen LogP contribution in [-0.2, 0) is 6.42 Å². The van der Waals surface area contributed by atoms with E-state index in [1.54, 1.807) is 0 Å². The van der Waals surface area contributed by atoms with Crippen LogP contribution in [0.25, 0.3) is 17.8 Å². The number of nitrogen functional groups attached to an aromatic ring is 1. The van der Waals surface area contributed by atoms with Crippen LogP contribution in [0.3, 0.4) is 0 Å². The summed E-state index contributed by atoms with van der Waals surface area (Å²) in [6.07, 6.45) is 5.03. The minimum Gasteiger partial charge on any atom is -0.399 e. The second-order valence-corrected chi connectivity index (χ2v) is 6.00. The van der Waals surface area contributed by atoms with Gasteiger partial charge in [-0.3, -0.25) is 4.99 Å². The van der Waals surface area contributed by atoms with E-state index >= 15 is 0 Å². The van der Waals surface area contributed by atoms with Crippen molar-refractivity contribution in [1.29, 1.82) is 0 Å². The molecule has 3 aromatic rings. The molecule has 2 nitrogen and oxygen atoms in total. The van der Waals surface area contributed by atoms with Gasteiger partial charge in [-0.1, -0.05) is 60.7 Å². The zero-order chi connectivity index (χ0) is 16.4. The number of nitrogens with two attached hydrogens (primary N) is 1. The third-order valence-electron chi connectivity index (χ3n) is 4.27. The minimum atomic E-state index is 0.757. The number of para-hydroxylation sites is 1. The predicted molar refractivity (Wildman–Crippen MR) is 99.8 cm³/mol. The van der Waals surface area contributed by atoms with E-state index in [2.05, 4.69) is 54.6 Å². The highest BCUT2D eigenvalue weighted by Crippen LogP contribution is 2.09. The zero-order valence-corrected chi connectivity index (χ0v) is 13.3. The Morgan fingerprint density at radius 3 is 2.46 bits per heavy atom. The molecule has 1 aliphatic rings. The van der Waals surface area contributed by atoms with Crippen molar-refractivity contribution in [3.8, 4) is 0 Å². The maximum absolute atomic E-state index is 5.94. The van der Waals surface area contributed by atoms with Crippen molar-refractivity contribution in [3.05, 3.63) is 99.4 Å². The Morgan fingerprint density at radius 2 is 1.58 bits per heavy atom. The summed E-state index contributed by atoms with van der Waals surface area (Å²) < 4.78 is 0. The molecule has 0 spiro atoms. The van der Waals surface area contributed by atoms with Crippen molar-refractivity contribution < 1.29 is 0 Å². The molecule has 0 unspecified atom stereocenters. The van der Waals surface area contributed by atoms with Crippen LogP contribution in [0, 0.1) is 0 Å². The van der Waals surface area contributed by atoms with E-state index in [-0.39, 0.29) is 0 Å². The van der Waals surface area contributed by atoms with E-state index < -0.39 is 0 Å². The third-order valence-corrected chi connectivity index (χ3v) is 4.27. The van der Waals surface area contributed by atoms with Crippen molar-refractivity contribution in [1.82, 2.24) is 0 Å². The number of rotatable bonds is 2. The highest BCUT2D eigenvalue weighted by molar-refractivity contribution is 5.78. The van der Waals surface area contributed by atoms with Crippen LogP contribution in [0.1, 0.15) is 5.56 Å². The molecule has 1 heterocycles. The Bertz CT molecular complexity index is 1130. The zero-order valence-electron chi connectivity index (χ0n) is 13.3.